The van der Waals surface area contributed by atoms with Gasteiger partial charge in [0, 0.05) is 18.1 Å². The quantitative estimate of drug-likeness (QED) is 0.510. The lowest BCUT2D eigenvalue weighted by atomic mass is 9.76. The van der Waals surface area contributed by atoms with Crippen molar-refractivity contribution < 1.29 is 9.85 Å². The van der Waals surface area contributed by atoms with Gasteiger partial charge in [-0.2, -0.15) is 0 Å². The van der Waals surface area contributed by atoms with Crippen molar-refractivity contribution in [3.05, 3.63) is 86.0 Å². The molecular weight excluding hydrogens is 322 g/mol. The predicted molar refractivity (Wildman–Crippen MR) is 92.5 cm³/mol. The highest BCUT2D eigenvalue weighted by Gasteiger charge is 2.42. The van der Waals surface area contributed by atoms with Gasteiger partial charge in [0.1, 0.15) is 5.69 Å². The van der Waals surface area contributed by atoms with Crippen LogP contribution in [0.15, 0.2) is 54.6 Å². The fourth-order valence-electron chi connectivity index (χ4n) is 3.98. The maximum atomic E-state index is 11.4. The molecule has 1 aliphatic heterocycles. The van der Waals surface area contributed by atoms with E-state index in [1.54, 1.807) is 24.3 Å². The average Bonchev–Trinajstić information content (AvgIpc) is 3.10. The fourth-order valence-corrected chi connectivity index (χ4v) is 3.98. The maximum Gasteiger partial charge on any atom is 0.292 e. The van der Waals surface area contributed by atoms with E-state index >= 15 is 0 Å². The van der Waals surface area contributed by atoms with Crippen molar-refractivity contribution in [2.75, 3.05) is 5.32 Å². The van der Waals surface area contributed by atoms with Crippen molar-refractivity contribution in [2.24, 2.45) is 5.92 Å². The Bertz CT molecular complexity index is 909. The molecular formula is C18H15N3O4. The van der Waals surface area contributed by atoms with Gasteiger partial charge in [-0.05, 0) is 17.9 Å². The number of nitrogens with zero attached hydrogens (tertiary/aromatic N) is 2. The molecule has 0 amide bonds. The van der Waals surface area contributed by atoms with E-state index in [1.807, 2.05) is 12.1 Å². The summed E-state index contributed by atoms with van der Waals surface area (Å²) in [5, 5.41) is 26.1. The first-order chi connectivity index (χ1) is 12.1. The molecule has 1 N–H and O–H groups in total. The number of fused-ring (bicyclic) bond motifs is 3. The van der Waals surface area contributed by atoms with Gasteiger partial charge in [0.15, 0.2) is 0 Å². The number of nitro benzene ring substituents is 2. The molecule has 0 radical (unpaired) electrons. The summed E-state index contributed by atoms with van der Waals surface area (Å²) in [4.78, 5) is 22.0. The van der Waals surface area contributed by atoms with E-state index in [1.165, 1.54) is 12.1 Å². The van der Waals surface area contributed by atoms with Gasteiger partial charge >= 0.3 is 0 Å². The Labute approximate surface area is 143 Å². The predicted octanol–water partition coefficient (Wildman–Crippen LogP) is 4.33. The summed E-state index contributed by atoms with van der Waals surface area (Å²) in [6.07, 6.45) is 4.87. The number of anilines is 1. The molecule has 0 saturated carbocycles. The van der Waals surface area contributed by atoms with Crippen molar-refractivity contribution in [3.63, 3.8) is 0 Å². The summed E-state index contributed by atoms with van der Waals surface area (Å²) in [5.41, 5.74) is 1.94. The molecule has 3 atom stereocenters. The molecule has 0 bridgehead atoms. The second-order valence-electron chi connectivity index (χ2n) is 6.29. The molecule has 126 valence electrons. The van der Waals surface area contributed by atoms with Gasteiger partial charge in [-0.3, -0.25) is 20.2 Å². The molecule has 1 aliphatic carbocycles. The number of nitro groups is 2. The summed E-state index contributed by atoms with van der Waals surface area (Å²) in [5.74, 6) is 0.108. The number of rotatable bonds is 3. The van der Waals surface area contributed by atoms with Crippen LogP contribution in [0.2, 0.25) is 0 Å². The molecule has 0 spiro atoms. The number of allylic oxidation sites excluding steroid dienone is 2. The van der Waals surface area contributed by atoms with Crippen LogP contribution >= 0.6 is 0 Å². The minimum atomic E-state index is -0.415. The molecule has 2 aliphatic rings. The first-order valence-corrected chi connectivity index (χ1v) is 8.01. The van der Waals surface area contributed by atoms with Crippen LogP contribution in [0.3, 0.4) is 0 Å². The monoisotopic (exact) mass is 337 g/mol. The van der Waals surface area contributed by atoms with Crippen LogP contribution in [-0.2, 0) is 0 Å². The first-order valence-electron chi connectivity index (χ1n) is 8.01. The number of hydrogen-bond acceptors (Lipinski definition) is 5. The van der Waals surface area contributed by atoms with Crippen LogP contribution < -0.4 is 5.32 Å². The summed E-state index contributed by atoms with van der Waals surface area (Å²) >= 11 is 0. The van der Waals surface area contributed by atoms with E-state index in [-0.39, 0.29) is 29.3 Å². The smallest absolute Gasteiger partial charge is 0.292 e. The summed E-state index contributed by atoms with van der Waals surface area (Å²) in [6.45, 7) is 0. The molecule has 0 saturated heterocycles. The Morgan fingerprint density at radius 1 is 0.920 bits per heavy atom. The zero-order valence-electron chi connectivity index (χ0n) is 13.2. The lowest BCUT2D eigenvalue weighted by Crippen LogP contribution is -2.30. The van der Waals surface area contributed by atoms with Gasteiger partial charge in [0.2, 0.25) is 0 Å². The van der Waals surface area contributed by atoms with Crippen molar-refractivity contribution in [1.82, 2.24) is 0 Å². The third kappa shape index (κ3) is 2.36. The third-order valence-electron chi connectivity index (χ3n) is 5.04. The minimum absolute atomic E-state index is 0.000154. The second kappa shape index (κ2) is 5.70. The molecule has 2 aromatic rings. The van der Waals surface area contributed by atoms with Crippen LogP contribution in [-0.4, -0.2) is 9.85 Å². The summed E-state index contributed by atoms with van der Waals surface area (Å²) < 4.78 is 0. The Balaban J connectivity index is 1.88. The molecule has 25 heavy (non-hydrogen) atoms. The number of para-hydroxylation sites is 2. The van der Waals surface area contributed by atoms with E-state index < -0.39 is 9.85 Å². The minimum Gasteiger partial charge on any atom is -0.372 e. The van der Waals surface area contributed by atoms with Crippen LogP contribution in [0.5, 0.6) is 0 Å². The van der Waals surface area contributed by atoms with Crippen LogP contribution in [0.25, 0.3) is 0 Å². The lowest BCUT2D eigenvalue weighted by molar-refractivity contribution is -0.386. The molecule has 4 rings (SSSR count). The summed E-state index contributed by atoms with van der Waals surface area (Å²) in [7, 11) is 0. The molecule has 7 heteroatoms. The normalized spacial score (nSPS) is 23.4. The Morgan fingerprint density at radius 3 is 2.36 bits per heavy atom. The Kier molecular flexibility index (Phi) is 3.49. The van der Waals surface area contributed by atoms with Crippen molar-refractivity contribution in [3.8, 4) is 0 Å². The van der Waals surface area contributed by atoms with Gasteiger partial charge in [-0.25, -0.2) is 0 Å². The van der Waals surface area contributed by atoms with Crippen LogP contribution in [0.4, 0.5) is 17.1 Å². The average molecular weight is 337 g/mol. The first kappa shape index (κ1) is 15.3. The molecule has 2 aromatic carbocycles. The molecule has 1 heterocycles. The lowest BCUT2D eigenvalue weighted by Gasteiger charge is -2.36. The molecule has 0 fully saturated rings. The number of benzene rings is 2. The SMILES string of the molecule is O=[N+]([O-])c1ccccc1[C@H]1Nc2c(cccc2[N+](=O)[O-])[C@H]2C=CC[C@H]21. The molecule has 0 unspecified atom stereocenters. The highest BCUT2D eigenvalue weighted by Crippen LogP contribution is 2.52. The van der Waals surface area contributed by atoms with E-state index in [0.29, 0.717) is 11.3 Å². The maximum absolute atomic E-state index is 11.4. The van der Waals surface area contributed by atoms with E-state index in [9.17, 15) is 20.2 Å². The standard InChI is InChI=1S/C18H15N3O4/c22-20(23)15-9-2-1-5-14(15)17-12-7-3-6-11(12)13-8-4-10-16(21(24)25)18(13)19-17/h1-6,8-12,17,19H,7H2/t11-,12+,17-/m0/s1. The molecule has 0 aromatic heterocycles. The van der Waals surface area contributed by atoms with E-state index in [2.05, 4.69) is 11.4 Å². The third-order valence-corrected chi connectivity index (χ3v) is 5.04. The van der Waals surface area contributed by atoms with Gasteiger partial charge in [-0.1, -0.05) is 42.5 Å². The second-order valence-corrected chi connectivity index (χ2v) is 6.29. The van der Waals surface area contributed by atoms with Crippen LogP contribution in [0.1, 0.15) is 29.5 Å². The van der Waals surface area contributed by atoms with Gasteiger partial charge in [-0.15, -0.1) is 0 Å². The van der Waals surface area contributed by atoms with E-state index in [0.717, 1.165) is 12.0 Å². The molecule has 7 nitrogen and oxygen atoms in total. The Morgan fingerprint density at radius 2 is 1.60 bits per heavy atom. The highest BCUT2D eigenvalue weighted by atomic mass is 16.6. The number of hydrogen-bond donors (Lipinski definition) is 1. The topological polar surface area (TPSA) is 98.3 Å². The largest absolute Gasteiger partial charge is 0.372 e. The Hall–Kier alpha value is -3.22. The van der Waals surface area contributed by atoms with Crippen molar-refractivity contribution >= 4 is 17.1 Å². The van der Waals surface area contributed by atoms with Crippen molar-refractivity contribution in [2.45, 2.75) is 18.4 Å². The van der Waals surface area contributed by atoms with Crippen LogP contribution in [0, 0.1) is 26.1 Å². The zero-order valence-corrected chi connectivity index (χ0v) is 13.2. The number of nitrogens with one attached hydrogen (secondary N) is 1. The van der Waals surface area contributed by atoms with E-state index in [4.69, 9.17) is 0 Å². The van der Waals surface area contributed by atoms with Crippen molar-refractivity contribution in [1.29, 1.82) is 0 Å². The zero-order chi connectivity index (χ0) is 17.6. The van der Waals surface area contributed by atoms with Gasteiger partial charge in [0.25, 0.3) is 11.4 Å². The van der Waals surface area contributed by atoms with Gasteiger partial charge < -0.3 is 5.32 Å². The van der Waals surface area contributed by atoms with Gasteiger partial charge in [0.05, 0.1) is 21.5 Å². The highest BCUT2D eigenvalue weighted by molar-refractivity contribution is 5.71. The summed E-state index contributed by atoms with van der Waals surface area (Å²) in [6, 6.07) is 11.3. The fraction of sp³-hybridized carbons (Fsp3) is 0.222.